The molecule has 0 aliphatic carbocycles. The third kappa shape index (κ3) is 2.56. The molecular formula is C16H21N5. The first-order chi connectivity index (χ1) is 10.2. The fourth-order valence-electron chi connectivity index (χ4n) is 2.75. The molecule has 0 aliphatic rings. The van der Waals surface area contributed by atoms with Crippen LogP contribution in [0.15, 0.2) is 36.5 Å². The van der Waals surface area contributed by atoms with Crippen LogP contribution in [-0.4, -0.2) is 26.6 Å². The van der Waals surface area contributed by atoms with Crippen LogP contribution < -0.4 is 5.32 Å². The van der Waals surface area contributed by atoms with Crippen LogP contribution in [0.25, 0.3) is 10.9 Å². The van der Waals surface area contributed by atoms with Crippen LogP contribution in [0.1, 0.15) is 24.4 Å². The summed E-state index contributed by atoms with van der Waals surface area (Å²) in [6.45, 7) is 3.01. The number of benzene rings is 1. The lowest BCUT2D eigenvalue weighted by atomic mass is 10.1. The summed E-state index contributed by atoms with van der Waals surface area (Å²) in [7, 11) is 3.91. The molecule has 21 heavy (non-hydrogen) atoms. The number of nitrogens with zero attached hydrogens (tertiary/aromatic N) is 4. The second-order valence-corrected chi connectivity index (χ2v) is 5.24. The first kappa shape index (κ1) is 13.8. The molecule has 5 heteroatoms. The van der Waals surface area contributed by atoms with Gasteiger partial charge in [-0.25, -0.2) is 0 Å². The average molecular weight is 283 g/mol. The first-order valence-corrected chi connectivity index (χ1v) is 7.34. The fourth-order valence-corrected chi connectivity index (χ4v) is 2.75. The lowest BCUT2D eigenvalue weighted by molar-refractivity contribution is 0.549. The van der Waals surface area contributed by atoms with E-state index in [2.05, 4.69) is 52.4 Å². The summed E-state index contributed by atoms with van der Waals surface area (Å²) < 4.78 is 3.90. The molecule has 0 bridgehead atoms. The summed E-state index contributed by atoms with van der Waals surface area (Å²) in [5.74, 6) is 0. The van der Waals surface area contributed by atoms with Gasteiger partial charge in [-0.1, -0.05) is 18.2 Å². The Kier molecular flexibility index (Phi) is 3.75. The van der Waals surface area contributed by atoms with E-state index in [1.165, 1.54) is 10.9 Å². The predicted molar refractivity (Wildman–Crippen MR) is 84.1 cm³/mol. The quantitative estimate of drug-likeness (QED) is 0.781. The lowest BCUT2D eigenvalue weighted by Crippen LogP contribution is -2.20. The highest BCUT2D eigenvalue weighted by Gasteiger charge is 2.17. The molecule has 0 radical (unpaired) electrons. The van der Waals surface area contributed by atoms with Crippen molar-refractivity contribution < 1.29 is 0 Å². The maximum absolute atomic E-state index is 4.77. The summed E-state index contributed by atoms with van der Waals surface area (Å²) >= 11 is 0. The maximum atomic E-state index is 4.77. The minimum atomic E-state index is 0.176. The van der Waals surface area contributed by atoms with Crippen molar-refractivity contribution in [3.8, 4) is 0 Å². The highest BCUT2D eigenvalue weighted by molar-refractivity contribution is 5.82. The molecule has 2 aromatic heterocycles. The number of aromatic nitrogens is 4. The molecule has 0 saturated carbocycles. The third-order valence-corrected chi connectivity index (χ3v) is 3.87. The van der Waals surface area contributed by atoms with Crippen molar-refractivity contribution in [1.82, 2.24) is 24.9 Å². The van der Waals surface area contributed by atoms with Gasteiger partial charge in [0, 0.05) is 31.6 Å². The van der Waals surface area contributed by atoms with Gasteiger partial charge in [0.15, 0.2) is 0 Å². The molecule has 1 atom stereocenters. The van der Waals surface area contributed by atoms with Gasteiger partial charge in [-0.2, -0.15) is 10.2 Å². The Hall–Kier alpha value is -2.14. The fraction of sp³-hybridized carbons (Fsp3) is 0.375. The molecule has 110 valence electrons. The van der Waals surface area contributed by atoms with E-state index in [1.807, 2.05) is 25.0 Å². The van der Waals surface area contributed by atoms with Gasteiger partial charge in [-0.3, -0.25) is 9.36 Å². The number of fused-ring (bicyclic) bond motifs is 1. The summed E-state index contributed by atoms with van der Waals surface area (Å²) in [6, 6.07) is 10.6. The average Bonchev–Trinajstić information content (AvgIpc) is 3.09. The number of likely N-dealkylation sites (N-methyl/N-ethyl adjacent to an activating group) is 1. The van der Waals surface area contributed by atoms with Gasteiger partial charge in [0.05, 0.1) is 22.9 Å². The van der Waals surface area contributed by atoms with E-state index in [1.54, 1.807) is 0 Å². The van der Waals surface area contributed by atoms with Crippen molar-refractivity contribution in [2.45, 2.75) is 25.9 Å². The van der Waals surface area contributed by atoms with E-state index < -0.39 is 0 Å². The number of aryl methyl sites for hydroxylation is 2. The maximum Gasteiger partial charge on any atom is 0.0797 e. The topological polar surface area (TPSA) is 47.7 Å². The third-order valence-electron chi connectivity index (χ3n) is 3.87. The minimum absolute atomic E-state index is 0.176. The molecule has 3 rings (SSSR count). The van der Waals surface area contributed by atoms with Gasteiger partial charge >= 0.3 is 0 Å². The SMILES string of the molecule is CCn1nc(CC(NC)c2ccn(C)n2)c2ccccc21. The molecule has 1 N–H and O–H groups in total. The number of rotatable bonds is 5. The first-order valence-electron chi connectivity index (χ1n) is 7.34. The molecule has 0 saturated heterocycles. The monoisotopic (exact) mass is 283 g/mol. The number of hydrogen-bond acceptors (Lipinski definition) is 3. The Labute approximate surface area is 124 Å². The van der Waals surface area contributed by atoms with Crippen LogP contribution in [0.3, 0.4) is 0 Å². The van der Waals surface area contributed by atoms with Crippen LogP contribution >= 0.6 is 0 Å². The van der Waals surface area contributed by atoms with E-state index in [0.29, 0.717) is 0 Å². The molecule has 0 spiro atoms. The molecule has 1 aromatic carbocycles. The molecule has 0 amide bonds. The molecule has 3 aromatic rings. The zero-order valence-electron chi connectivity index (χ0n) is 12.7. The summed E-state index contributed by atoms with van der Waals surface area (Å²) in [5, 5.41) is 13.9. The standard InChI is InChI=1S/C16H21N5/c1-4-21-16-8-6-5-7-12(16)14(19-21)11-15(17-2)13-9-10-20(3)18-13/h5-10,15,17H,4,11H2,1-3H3. The Bertz CT molecular complexity index is 740. The Morgan fingerprint density at radius 2 is 2.00 bits per heavy atom. The molecular weight excluding hydrogens is 262 g/mol. The summed E-state index contributed by atoms with van der Waals surface area (Å²) in [6.07, 6.45) is 2.81. The number of hydrogen-bond donors (Lipinski definition) is 1. The minimum Gasteiger partial charge on any atom is -0.311 e. The van der Waals surface area contributed by atoms with Crippen LogP contribution in [0.5, 0.6) is 0 Å². The zero-order valence-corrected chi connectivity index (χ0v) is 12.7. The van der Waals surface area contributed by atoms with Gasteiger partial charge in [-0.05, 0) is 26.1 Å². The predicted octanol–water partition coefficient (Wildman–Crippen LogP) is 2.29. The molecule has 0 aliphatic heterocycles. The van der Waals surface area contributed by atoms with Gasteiger partial charge in [0.2, 0.25) is 0 Å². The smallest absolute Gasteiger partial charge is 0.0797 e. The second-order valence-electron chi connectivity index (χ2n) is 5.24. The van der Waals surface area contributed by atoms with E-state index in [-0.39, 0.29) is 6.04 Å². The van der Waals surface area contributed by atoms with E-state index in [4.69, 9.17) is 5.10 Å². The highest BCUT2D eigenvalue weighted by Crippen LogP contribution is 2.23. The Morgan fingerprint density at radius 1 is 1.19 bits per heavy atom. The lowest BCUT2D eigenvalue weighted by Gasteiger charge is -2.12. The van der Waals surface area contributed by atoms with Crippen molar-refractivity contribution >= 4 is 10.9 Å². The van der Waals surface area contributed by atoms with Gasteiger partial charge in [-0.15, -0.1) is 0 Å². The normalized spacial score (nSPS) is 12.9. The molecule has 1 unspecified atom stereocenters. The molecule has 5 nitrogen and oxygen atoms in total. The van der Waals surface area contributed by atoms with Gasteiger partial charge in [0.1, 0.15) is 0 Å². The van der Waals surface area contributed by atoms with Crippen molar-refractivity contribution in [2.75, 3.05) is 7.05 Å². The van der Waals surface area contributed by atoms with Crippen LogP contribution in [0.2, 0.25) is 0 Å². The van der Waals surface area contributed by atoms with Crippen LogP contribution in [0.4, 0.5) is 0 Å². The highest BCUT2D eigenvalue weighted by atomic mass is 15.3. The number of para-hydroxylation sites is 1. The summed E-state index contributed by atoms with van der Waals surface area (Å²) in [5.41, 5.74) is 3.37. The number of nitrogens with one attached hydrogen (secondary N) is 1. The Balaban J connectivity index is 1.97. The van der Waals surface area contributed by atoms with E-state index in [9.17, 15) is 0 Å². The van der Waals surface area contributed by atoms with Crippen LogP contribution in [-0.2, 0) is 20.0 Å². The van der Waals surface area contributed by atoms with Crippen LogP contribution in [0, 0.1) is 0 Å². The summed E-state index contributed by atoms with van der Waals surface area (Å²) in [4.78, 5) is 0. The Morgan fingerprint density at radius 3 is 2.67 bits per heavy atom. The largest absolute Gasteiger partial charge is 0.311 e. The molecule has 0 fully saturated rings. The molecule has 2 heterocycles. The van der Waals surface area contributed by atoms with Crippen molar-refractivity contribution in [1.29, 1.82) is 0 Å². The second kappa shape index (κ2) is 5.69. The zero-order chi connectivity index (χ0) is 14.8. The van der Waals surface area contributed by atoms with Gasteiger partial charge < -0.3 is 5.32 Å². The van der Waals surface area contributed by atoms with Gasteiger partial charge in [0.25, 0.3) is 0 Å². The van der Waals surface area contributed by atoms with E-state index in [0.717, 1.165) is 24.4 Å². The van der Waals surface area contributed by atoms with Crippen molar-refractivity contribution in [3.63, 3.8) is 0 Å². The van der Waals surface area contributed by atoms with Crippen molar-refractivity contribution in [3.05, 3.63) is 47.9 Å². The van der Waals surface area contributed by atoms with Crippen molar-refractivity contribution in [2.24, 2.45) is 7.05 Å². The van der Waals surface area contributed by atoms with E-state index >= 15 is 0 Å².